The summed E-state index contributed by atoms with van der Waals surface area (Å²) in [6, 6.07) is 4.83. The van der Waals surface area contributed by atoms with E-state index in [9.17, 15) is 9.18 Å². The van der Waals surface area contributed by atoms with Crippen molar-refractivity contribution < 1.29 is 14.3 Å². The standard InChI is InChI=1S/C13H17FN2O2/c1-16(2)12-9(4-3-5-10(12)14)11-6-8(7-15-11)13(17)18/h3-5,8,11,15H,6-7H2,1-2H3,(H,17,18). The molecule has 2 atom stereocenters. The van der Waals surface area contributed by atoms with E-state index in [4.69, 9.17) is 5.11 Å². The largest absolute Gasteiger partial charge is 0.481 e. The van der Waals surface area contributed by atoms with E-state index in [-0.39, 0.29) is 11.9 Å². The minimum Gasteiger partial charge on any atom is -0.481 e. The number of anilines is 1. The quantitative estimate of drug-likeness (QED) is 0.858. The molecule has 2 unspecified atom stereocenters. The van der Waals surface area contributed by atoms with Gasteiger partial charge in [0.1, 0.15) is 5.82 Å². The van der Waals surface area contributed by atoms with Crippen molar-refractivity contribution >= 4 is 11.7 Å². The highest BCUT2D eigenvalue weighted by Gasteiger charge is 2.32. The highest BCUT2D eigenvalue weighted by molar-refractivity contribution is 5.71. The molecule has 0 radical (unpaired) electrons. The predicted molar refractivity (Wildman–Crippen MR) is 67.2 cm³/mol. The number of hydrogen-bond acceptors (Lipinski definition) is 3. The van der Waals surface area contributed by atoms with Gasteiger partial charge in [-0.15, -0.1) is 0 Å². The number of carboxylic acid groups (broad SMARTS) is 1. The van der Waals surface area contributed by atoms with E-state index in [1.807, 2.05) is 6.07 Å². The van der Waals surface area contributed by atoms with E-state index >= 15 is 0 Å². The molecule has 1 fully saturated rings. The smallest absolute Gasteiger partial charge is 0.307 e. The lowest BCUT2D eigenvalue weighted by atomic mass is 9.98. The van der Waals surface area contributed by atoms with Gasteiger partial charge >= 0.3 is 5.97 Å². The third-order valence-corrected chi connectivity index (χ3v) is 3.32. The minimum absolute atomic E-state index is 0.0980. The number of carbonyl (C=O) groups is 1. The predicted octanol–water partition coefficient (Wildman–Crippen LogP) is 1.63. The normalized spacial score (nSPS) is 23.1. The zero-order chi connectivity index (χ0) is 13.3. The molecule has 0 spiro atoms. The Hall–Kier alpha value is -1.62. The number of para-hydroxylation sites is 1. The van der Waals surface area contributed by atoms with Gasteiger partial charge in [-0.3, -0.25) is 4.79 Å². The molecular weight excluding hydrogens is 235 g/mol. The molecule has 98 valence electrons. The molecule has 0 bridgehead atoms. The Bertz CT molecular complexity index is 462. The number of rotatable bonds is 3. The van der Waals surface area contributed by atoms with E-state index in [1.165, 1.54) is 6.07 Å². The summed E-state index contributed by atoms with van der Waals surface area (Å²) in [6.07, 6.45) is 0.500. The second-order valence-electron chi connectivity index (χ2n) is 4.80. The van der Waals surface area contributed by atoms with Crippen LogP contribution < -0.4 is 10.2 Å². The number of benzene rings is 1. The highest BCUT2D eigenvalue weighted by atomic mass is 19.1. The summed E-state index contributed by atoms with van der Waals surface area (Å²) in [7, 11) is 3.57. The van der Waals surface area contributed by atoms with Crippen LogP contribution in [0.3, 0.4) is 0 Å². The zero-order valence-electron chi connectivity index (χ0n) is 10.5. The molecule has 1 heterocycles. The fourth-order valence-electron chi connectivity index (χ4n) is 2.45. The van der Waals surface area contributed by atoms with Crippen LogP contribution in [0.2, 0.25) is 0 Å². The van der Waals surface area contributed by atoms with Gasteiger partial charge in [0, 0.05) is 26.7 Å². The van der Waals surface area contributed by atoms with E-state index in [2.05, 4.69) is 5.32 Å². The average molecular weight is 252 g/mol. The molecule has 18 heavy (non-hydrogen) atoms. The molecule has 1 aromatic carbocycles. The van der Waals surface area contributed by atoms with Crippen LogP contribution >= 0.6 is 0 Å². The number of nitrogens with one attached hydrogen (secondary N) is 1. The summed E-state index contributed by atoms with van der Waals surface area (Å²) < 4.78 is 13.8. The lowest BCUT2D eigenvalue weighted by Gasteiger charge is -2.22. The Morgan fingerprint density at radius 3 is 2.78 bits per heavy atom. The lowest BCUT2D eigenvalue weighted by Crippen LogP contribution is -2.20. The Labute approximate surface area is 105 Å². The van der Waals surface area contributed by atoms with Gasteiger partial charge in [0.05, 0.1) is 11.6 Å². The number of halogens is 1. The Morgan fingerprint density at radius 2 is 2.22 bits per heavy atom. The number of nitrogens with zero attached hydrogens (tertiary/aromatic N) is 1. The van der Waals surface area contributed by atoms with E-state index < -0.39 is 11.9 Å². The third kappa shape index (κ3) is 2.31. The van der Waals surface area contributed by atoms with Crippen LogP contribution in [0.15, 0.2) is 18.2 Å². The highest BCUT2D eigenvalue weighted by Crippen LogP contribution is 2.34. The molecule has 0 amide bonds. The fraction of sp³-hybridized carbons (Fsp3) is 0.462. The second kappa shape index (κ2) is 4.94. The maximum absolute atomic E-state index is 13.8. The number of hydrogen-bond donors (Lipinski definition) is 2. The van der Waals surface area contributed by atoms with Crippen LogP contribution in [0.25, 0.3) is 0 Å². The summed E-state index contributed by atoms with van der Waals surface area (Å²) in [6.45, 7) is 0.434. The van der Waals surface area contributed by atoms with Gasteiger partial charge in [0.25, 0.3) is 0 Å². The van der Waals surface area contributed by atoms with Crippen molar-refractivity contribution in [3.8, 4) is 0 Å². The maximum atomic E-state index is 13.8. The summed E-state index contributed by atoms with van der Waals surface area (Å²) in [5.41, 5.74) is 1.35. The van der Waals surface area contributed by atoms with Gasteiger partial charge in [0.15, 0.2) is 0 Å². The summed E-state index contributed by atoms with van der Waals surface area (Å²) in [4.78, 5) is 12.7. The first-order chi connectivity index (χ1) is 8.50. The van der Waals surface area contributed by atoms with Gasteiger partial charge in [-0.05, 0) is 18.1 Å². The van der Waals surface area contributed by atoms with Gasteiger partial charge in [-0.25, -0.2) is 4.39 Å². The Balaban J connectivity index is 2.30. The first-order valence-corrected chi connectivity index (χ1v) is 5.92. The van der Waals surface area contributed by atoms with Crippen LogP contribution in [0, 0.1) is 11.7 Å². The van der Waals surface area contributed by atoms with E-state index in [0.717, 1.165) is 5.56 Å². The van der Waals surface area contributed by atoms with Gasteiger partial charge in [0.2, 0.25) is 0 Å². The molecule has 5 heteroatoms. The molecule has 2 rings (SSSR count). The van der Waals surface area contributed by atoms with Crippen molar-refractivity contribution in [1.82, 2.24) is 5.32 Å². The van der Waals surface area contributed by atoms with Crippen molar-refractivity contribution in [3.63, 3.8) is 0 Å². The Kier molecular flexibility index (Phi) is 3.52. The van der Waals surface area contributed by atoms with Crippen molar-refractivity contribution in [3.05, 3.63) is 29.6 Å². The van der Waals surface area contributed by atoms with Crippen LogP contribution in [0.5, 0.6) is 0 Å². The third-order valence-electron chi connectivity index (χ3n) is 3.32. The average Bonchev–Trinajstić information content (AvgIpc) is 2.77. The molecule has 4 nitrogen and oxygen atoms in total. The van der Waals surface area contributed by atoms with Crippen molar-refractivity contribution in [2.75, 3.05) is 25.5 Å². The molecule has 1 aliphatic rings. The lowest BCUT2D eigenvalue weighted by molar-refractivity contribution is -0.141. The maximum Gasteiger partial charge on any atom is 0.307 e. The topological polar surface area (TPSA) is 52.6 Å². The van der Waals surface area contributed by atoms with Gasteiger partial charge < -0.3 is 15.3 Å². The Morgan fingerprint density at radius 1 is 1.50 bits per heavy atom. The molecule has 0 saturated carbocycles. The molecular formula is C13H17FN2O2. The number of carboxylic acids is 1. The van der Waals surface area contributed by atoms with Gasteiger partial charge in [-0.1, -0.05) is 12.1 Å². The minimum atomic E-state index is -0.798. The molecule has 1 aliphatic heterocycles. The van der Waals surface area contributed by atoms with E-state index in [0.29, 0.717) is 18.7 Å². The first-order valence-electron chi connectivity index (χ1n) is 5.92. The molecule has 0 aromatic heterocycles. The summed E-state index contributed by atoms with van der Waals surface area (Å²) in [5, 5.41) is 12.1. The van der Waals surface area contributed by atoms with Crippen molar-refractivity contribution in [2.45, 2.75) is 12.5 Å². The van der Waals surface area contributed by atoms with Crippen LogP contribution in [0.4, 0.5) is 10.1 Å². The molecule has 0 aliphatic carbocycles. The molecule has 1 saturated heterocycles. The summed E-state index contributed by atoms with van der Waals surface area (Å²) >= 11 is 0. The van der Waals surface area contributed by atoms with Crippen LogP contribution in [0.1, 0.15) is 18.0 Å². The van der Waals surface area contributed by atoms with Crippen LogP contribution in [-0.2, 0) is 4.79 Å². The molecule has 2 N–H and O–H groups in total. The zero-order valence-corrected chi connectivity index (χ0v) is 10.5. The SMILES string of the molecule is CN(C)c1c(F)cccc1C1CC(C(=O)O)CN1. The second-order valence-corrected chi connectivity index (χ2v) is 4.80. The van der Waals surface area contributed by atoms with Gasteiger partial charge in [-0.2, -0.15) is 0 Å². The van der Waals surface area contributed by atoms with Crippen LogP contribution in [-0.4, -0.2) is 31.7 Å². The van der Waals surface area contributed by atoms with E-state index in [1.54, 1.807) is 25.1 Å². The fourth-order valence-corrected chi connectivity index (χ4v) is 2.45. The molecule has 1 aromatic rings. The van der Waals surface area contributed by atoms with Crippen molar-refractivity contribution in [1.29, 1.82) is 0 Å². The monoisotopic (exact) mass is 252 g/mol. The number of aliphatic carboxylic acids is 1. The first kappa shape index (κ1) is 12.8. The summed E-state index contributed by atoms with van der Waals surface area (Å²) in [5.74, 6) is -1.47. The van der Waals surface area contributed by atoms with Crippen molar-refractivity contribution in [2.24, 2.45) is 5.92 Å².